The summed E-state index contributed by atoms with van der Waals surface area (Å²) in [6.45, 7) is 8.62. The average Bonchev–Trinajstić information content (AvgIpc) is 2.58. The van der Waals surface area contributed by atoms with Crippen LogP contribution < -0.4 is 0 Å². The second kappa shape index (κ2) is 4.95. The summed E-state index contributed by atoms with van der Waals surface area (Å²) in [5, 5.41) is 0. The van der Waals surface area contributed by atoms with Gasteiger partial charge in [0.05, 0.1) is 12.5 Å². The fourth-order valence-electron chi connectivity index (χ4n) is 7.50. The molecule has 5 fully saturated rings. The molecule has 2 bridgehead atoms. The van der Waals surface area contributed by atoms with Gasteiger partial charge in [0.25, 0.3) is 0 Å². The lowest BCUT2D eigenvalue weighted by molar-refractivity contribution is -0.193. The Labute approximate surface area is 145 Å². The number of fused-ring (bicyclic) bond motifs is 3. The first kappa shape index (κ1) is 16.4. The molecule has 0 aliphatic heterocycles. The third-order valence-corrected chi connectivity index (χ3v) is 8.67. The predicted molar refractivity (Wildman–Crippen MR) is 92.2 cm³/mol. The van der Waals surface area contributed by atoms with Crippen molar-refractivity contribution in [3.05, 3.63) is 12.2 Å². The van der Waals surface area contributed by atoms with Crippen molar-refractivity contribution in [2.45, 2.75) is 65.2 Å². The number of hydrogen-bond donors (Lipinski definition) is 0. The highest BCUT2D eigenvalue weighted by Crippen LogP contribution is 2.71. The summed E-state index contributed by atoms with van der Waals surface area (Å²) >= 11 is 0. The van der Waals surface area contributed by atoms with Gasteiger partial charge in [-0.25, -0.2) is 0 Å². The molecule has 5 rings (SSSR count). The van der Waals surface area contributed by atoms with E-state index >= 15 is 0 Å². The van der Waals surface area contributed by atoms with Crippen molar-refractivity contribution in [2.24, 2.45) is 34.0 Å². The van der Waals surface area contributed by atoms with Gasteiger partial charge in [0, 0.05) is 5.41 Å². The van der Waals surface area contributed by atoms with Crippen molar-refractivity contribution >= 4 is 11.8 Å². The molecule has 3 heteroatoms. The Kier molecular flexibility index (Phi) is 3.38. The van der Waals surface area contributed by atoms with E-state index < -0.39 is 0 Å². The normalized spacial score (nSPS) is 50.2. The van der Waals surface area contributed by atoms with Gasteiger partial charge in [0.2, 0.25) is 0 Å². The van der Waals surface area contributed by atoms with Crippen molar-refractivity contribution in [1.82, 2.24) is 0 Å². The van der Waals surface area contributed by atoms with E-state index in [4.69, 9.17) is 4.74 Å². The fraction of sp³-hybridized carbons (Fsp3) is 0.810. The summed E-state index contributed by atoms with van der Waals surface area (Å²) in [6, 6.07) is 0. The van der Waals surface area contributed by atoms with Gasteiger partial charge in [-0.15, -0.1) is 0 Å². The molecule has 6 atom stereocenters. The van der Waals surface area contributed by atoms with Gasteiger partial charge in [-0.3, -0.25) is 9.59 Å². The Balaban J connectivity index is 1.77. The van der Waals surface area contributed by atoms with E-state index in [1.165, 1.54) is 7.11 Å². The highest BCUT2D eigenvalue weighted by Gasteiger charge is 2.67. The molecule has 5 aliphatic rings. The quantitative estimate of drug-likeness (QED) is 0.531. The summed E-state index contributed by atoms with van der Waals surface area (Å²) < 4.78 is 5.20. The molecule has 0 aromatic carbocycles. The molecule has 0 N–H and O–H groups in total. The van der Waals surface area contributed by atoms with Crippen molar-refractivity contribution < 1.29 is 14.3 Å². The molecule has 24 heavy (non-hydrogen) atoms. The molecule has 0 aromatic rings. The summed E-state index contributed by atoms with van der Waals surface area (Å²) in [4.78, 5) is 25.7. The first-order valence-electron chi connectivity index (χ1n) is 9.61. The minimum absolute atomic E-state index is 0.0499. The van der Waals surface area contributed by atoms with Crippen LogP contribution in [0.15, 0.2) is 12.2 Å². The van der Waals surface area contributed by atoms with Crippen LogP contribution in [0.25, 0.3) is 0 Å². The zero-order valence-electron chi connectivity index (χ0n) is 15.3. The first-order chi connectivity index (χ1) is 11.3. The lowest BCUT2D eigenvalue weighted by atomic mass is 9.36. The van der Waals surface area contributed by atoms with Crippen molar-refractivity contribution in [2.75, 3.05) is 7.11 Å². The summed E-state index contributed by atoms with van der Waals surface area (Å²) in [5.74, 6) is 1.45. The van der Waals surface area contributed by atoms with Crippen LogP contribution in [0.4, 0.5) is 0 Å². The molecule has 1 unspecified atom stereocenters. The number of ketones is 1. The zero-order valence-corrected chi connectivity index (χ0v) is 15.3. The maximum atomic E-state index is 13.1. The van der Waals surface area contributed by atoms with Gasteiger partial charge in [-0.1, -0.05) is 19.9 Å². The molecule has 0 aromatic heterocycles. The van der Waals surface area contributed by atoms with Crippen LogP contribution in [0.2, 0.25) is 0 Å². The predicted octanol–water partition coefficient (Wildman–Crippen LogP) is 4.31. The number of allylic oxidation sites excluding steroid dienone is 1. The number of esters is 1. The van der Waals surface area contributed by atoms with E-state index in [1.807, 2.05) is 0 Å². The third kappa shape index (κ3) is 1.74. The van der Waals surface area contributed by atoms with E-state index in [1.54, 1.807) is 0 Å². The minimum Gasteiger partial charge on any atom is -0.469 e. The number of Topliss-reactive ketones (excluding diaryl/α,β-unsaturated/α-hetero) is 1. The summed E-state index contributed by atoms with van der Waals surface area (Å²) in [6.07, 6.45) is 8.32. The van der Waals surface area contributed by atoms with E-state index in [9.17, 15) is 9.59 Å². The van der Waals surface area contributed by atoms with Gasteiger partial charge in [0.15, 0.2) is 5.78 Å². The van der Waals surface area contributed by atoms with Crippen LogP contribution in [0, 0.1) is 34.0 Å². The lowest BCUT2D eigenvalue weighted by Gasteiger charge is -2.66. The van der Waals surface area contributed by atoms with E-state index in [-0.39, 0.29) is 22.2 Å². The zero-order chi connectivity index (χ0) is 17.3. The number of carbonyl (C=O) groups excluding carboxylic acids is 2. The second-order valence-electron chi connectivity index (χ2n) is 9.39. The standard InChI is InChI=1S/C21H30O3/c1-13-14-6-10-21(17(13)22)11-7-15-19(2,16(21)12-14)8-5-9-20(15,3)18(23)24-4/h14-16H,1,5-12H2,2-4H3/t14-,15-,16-,19+,20?,21-/m0/s1. The Hall–Kier alpha value is -1.12. The minimum atomic E-state index is -0.389. The number of methoxy groups -OCH3 is 1. The van der Waals surface area contributed by atoms with Crippen LogP contribution in [0.5, 0.6) is 0 Å². The second-order valence-corrected chi connectivity index (χ2v) is 9.39. The van der Waals surface area contributed by atoms with Crippen LogP contribution in [-0.4, -0.2) is 18.9 Å². The van der Waals surface area contributed by atoms with Gasteiger partial charge < -0.3 is 4.74 Å². The average molecular weight is 330 g/mol. The number of rotatable bonds is 1. The van der Waals surface area contributed by atoms with Gasteiger partial charge in [-0.2, -0.15) is 0 Å². The highest BCUT2D eigenvalue weighted by atomic mass is 16.5. The molecule has 0 radical (unpaired) electrons. The molecular weight excluding hydrogens is 300 g/mol. The lowest BCUT2D eigenvalue weighted by Crippen LogP contribution is -2.64. The Morgan fingerprint density at radius 1 is 1.12 bits per heavy atom. The molecule has 5 saturated carbocycles. The topological polar surface area (TPSA) is 43.4 Å². The summed E-state index contributed by atoms with van der Waals surface area (Å²) in [7, 11) is 1.51. The molecule has 1 spiro atoms. The van der Waals surface area contributed by atoms with Crippen LogP contribution >= 0.6 is 0 Å². The first-order valence-corrected chi connectivity index (χ1v) is 9.61. The molecule has 0 heterocycles. The molecular formula is C21H30O3. The molecule has 0 saturated heterocycles. The SMILES string of the molecule is C=C1C(=O)[C@]23CC[C@H]1C[C@H]2[C@]1(C)CCCC(C)(C(=O)OC)[C@H]1CC3. The molecule has 5 aliphatic carbocycles. The van der Waals surface area contributed by atoms with E-state index in [0.29, 0.717) is 23.5 Å². The molecule has 3 nitrogen and oxygen atoms in total. The Morgan fingerprint density at radius 2 is 1.83 bits per heavy atom. The maximum absolute atomic E-state index is 13.1. The van der Waals surface area contributed by atoms with Crippen molar-refractivity contribution in [1.29, 1.82) is 0 Å². The Morgan fingerprint density at radius 3 is 2.54 bits per heavy atom. The Bertz CT molecular complexity index is 623. The fourth-order valence-corrected chi connectivity index (χ4v) is 7.50. The van der Waals surface area contributed by atoms with E-state index in [2.05, 4.69) is 20.4 Å². The largest absolute Gasteiger partial charge is 0.469 e. The van der Waals surface area contributed by atoms with Crippen molar-refractivity contribution in [3.8, 4) is 0 Å². The van der Waals surface area contributed by atoms with Gasteiger partial charge in [0.1, 0.15) is 0 Å². The van der Waals surface area contributed by atoms with Gasteiger partial charge in [-0.05, 0) is 80.6 Å². The maximum Gasteiger partial charge on any atom is 0.311 e. The van der Waals surface area contributed by atoms with Crippen LogP contribution in [-0.2, 0) is 14.3 Å². The smallest absolute Gasteiger partial charge is 0.311 e. The van der Waals surface area contributed by atoms with Crippen molar-refractivity contribution in [3.63, 3.8) is 0 Å². The number of carbonyl (C=O) groups is 2. The molecule has 132 valence electrons. The number of ether oxygens (including phenoxy) is 1. The monoisotopic (exact) mass is 330 g/mol. The van der Waals surface area contributed by atoms with Crippen LogP contribution in [0.1, 0.15) is 65.2 Å². The van der Waals surface area contributed by atoms with Gasteiger partial charge >= 0.3 is 5.97 Å². The summed E-state index contributed by atoms with van der Waals surface area (Å²) in [5.41, 5.74) is 0.408. The third-order valence-electron chi connectivity index (χ3n) is 8.67. The molecule has 0 amide bonds. The van der Waals surface area contributed by atoms with E-state index in [0.717, 1.165) is 56.9 Å². The highest BCUT2D eigenvalue weighted by molar-refractivity contribution is 6.02. The number of hydrogen-bond acceptors (Lipinski definition) is 3. The van der Waals surface area contributed by atoms with Crippen LogP contribution in [0.3, 0.4) is 0 Å².